The topological polar surface area (TPSA) is 9.23 Å². The predicted octanol–water partition coefficient (Wildman–Crippen LogP) is 2.65. The highest BCUT2D eigenvalue weighted by Crippen LogP contribution is 2.23. The molecule has 0 aliphatic carbocycles. The fraction of sp³-hybridized carbons (Fsp3) is 0.556. The van der Waals surface area contributed by atoms with Crippen molar-refractivity contribution in [1.29, 1.82) is 0 Å². The van der Waals surface area contributed by atoms with Crippen molar-refractivity contribution < 1.29 is 4.74 Å². The van der Waals surface area contributed by atoms with Crippen LogP contribution in [0.2, 0.25) is 0 Å². The molecule has 0 saturated heterocycles. The average Bonchev–Trinajstić information content (AvgIpc) is 1.93. The van der Waals surface area contributed by atoms with Gasteiger partial charge in [0, 0.05) is 0 Å². The molecule has 0 radical (unpaired) electrons. The molecule has 1 nitrogen and oxygen atoms in total. The van der Waals surface area contributed by atoms with Gasteiger partial charge in [-0.2, -0.15) is 0 Å². The zero-order valence-corrected chi connectivity index (χ0v) is 7.06. The Bertz CT molecular complexity index is 199. The molecule has 56 valence electrons. The maximum Gasteiger partial charge on any atom is 0.116 e. The van der Waals surface area contributed by atoms with E-state index in [1.165, 1.54) is 16.7 Å². The van der Waals surface area contributed by atoms with Gasteiger partial charge >= 0.3 is 0 Å². The van der Waals surface area contributed by atoms with Crippen LogP contribution in [0.1, 0.15) is 27.7 Å². The molecule has 1 rings (SSSR count). The molecule has 0 amide bonds. The van der Waals surface area contributed by atoms with E-state index in [1.807, 2.05) is 6.26 Å². The van der Waals surface area contributed by atoms with Gasteiger partial charge in [0.05, 0.1) is 6.26 Å². The highest BCUT2D eigenvalue weighted by atomic mass is 16.5. The van der Waals surface area contributed by atoms with Crippen LogP contribution in [0.25, 0.3) is 0 Å². The third-order valence-corrected chi connectivity index (χ3v) is 2.24. The lowest BCUT2D eigenvalue weighted by Crippen LogP contribution is -2.12. The summed E-state index contributed by atoms with van der Waals surface area (Å²) >= 11 is 0. The zero-order chi connectivity index (χ0) is 7.72. The number of hydrogen-bond acceptors (Lipinski definition) is 1. The fourth-order valence-corrected chi connectivity index (χ4v) is 1.01. The molecule has 0 fully saturated rings. The Kier molecular flexibility index (Phi) is 1.84. The summed E-state index contributed by atoms with van der Waals surface area (Å²) < 4.78 is 5.35. The van der Waals surface area contributed by atoms with Crippen molar-refractivity contribution in [2.75, 3.05) is 0 Å². The molecule has 0 aromatic heterocycles. The van der Waals surface area contributed by atoms with Gasteiger partial charge in [0.15, 0.2) is 0 Å². The third-order valence-electron chi connectivity index (χ3n) is 2.24. The molecule has 0 aromatic carbocycles. The zero-order valence-electron chi connectivity index (χ0n) is 7.06. The molecular weight excluding hydrogens is 124 g/mol. The Morgan fingerprint density at radius 1 is 1.30 bits per heavy atom. The van der Waals surface area contributed by atoms with E-state index in [0.29, 0.717) is 0 Å². The molecule has 0 N–H and O–H groups in total. The van der Waals surface area contributed by atoms with Crippen molar-refractivity contribution in [3.05, 3.63) is 23.0 Å². The summed E-state index contributed by atoms with van der Waals surface area (Å²) in [7, 11) is 0. The molecule has 1 heterocycles. The summed E-state index contributed by atoms with van der Waals surface area (Å²) in [6.07, 6.45) is 2.11. The SMILES string of the molecule is CC1=COC(C)C(C)=C1C. The van der Waals surface area contributed by atoms with Gasteiger partial charge in [-0.1, -0.05) is 0 Å². The first kappa shape index (κ1) is 7.39. The van der Waals surface area contributed by atoms with Crippen LogP contribution in [-0.4, -0.2) is 6.10 Å². The van der Waals surface area contributed by atoms with Crippen LogP contribution in [0, 0.1) is 0 Å². The monoisotopic (exact) mass is 138 g/mol. The van der Waals surface area contributed by atoms with E-state index in [9.17, 15) is 0 Å². The summed E-state index contributed by atoms with van der Waals surface area (Å²) in [5.74, 6) is 0. The second-order valence-electron chi connectivity index (χ2n) is 2.89. The van der Waals surface area contributed by atoms with Gasteiger partial charge in [0.1, 0.15) is 6.10 Å². The summed E-state index contributed by atoms with van der Waals surface area (Å²) in [6.45, 7) is 8.41. The van der Waals surface area contributed by atoms with E-state index >= 15 is 0 Å². The minimum absolute atomic E-state index is 0.267. The van der Waals surface area contributed by atoms with Gasteiger partial charge in [-0.05, 0) is 44.4 Å². The van der Waals surface area contributed by atoms with Crippen molar-refractivity contribution in [2.45, 2.75) is 33.8 Å². The van der Waals surface area contributed by atoms with Gasteiger partial charge in [0.25, 0.3) is 0 Å². The molecular formula is C9H14O. The number of rotatable bonds is 0. The Hall–Kier alpha value is -0.720. The first-order valence-electron chi connectivity index (χ1n) is 3.63. The molecule has 1 aliphatic heterocycles. The van der Waals surface area contributed by atoms with Crippen molar-refractivity contribution in [3.63, 3.8) is 0 Å². The van der Waals surface area contributed by atoms with Crippen LogP contribution in [-0.2, 0) is 4.74 Å². The summed E-state index contributed by atoms with van der Waals surface area (Å²) in [6, 6.07) is 0. The molecule has 0 spiro atoms. The molecule has 1 atom stereocenters. The Labute approximate surface area is 62.4 Å². The molecule has 0 saturated carbocycles. The summed E-state index contributed by atoms with van der Waals surface area (Å²) in [5.41, 5.74) is 3.97. The Balaban J connectivity index is 2.94. The number of hydrogen-bond donors (Lipinski definition) is 0. The second-order valence-corrected chi connectivity index (χ2v) is 2.89. The van der Waals surface area contributed by atoms with Crippen LogP contribution in [0.4, 0.5) is 0 Å². The van der Waals surface area contributed by atoms with Crippen LogP contribution in [0.5, 0.6) is 0 Å². The van der Waals surface area contributed by atoms with E-state index < -0.39 is 0 Å². The molecule has 1 heteroatoms. The molecule has 10 heavy (non-hydrogen) atoms. The van der Waals surface area contributed by atoms with E-state index in [-0.39, 0.29) is 6.10 Å². The second kappa shape index (κ2) is 2.49. The average molecular weight is 138 g/mol. The minimum atomic E-state index is 0.267. The Morgan fingerprint density at radius 2 is 1.90 bits per heavy atom. The lowest BCUT2D eigenvalue weighted by Gasteiger charge is -2.21. The third kappa shape index (κ3) is 1.08. The smallest absolute Gasteiger partial charge is 0.116 e. The van der Waals surface area contributed by atoms with Crippen molar-refractivity contribution in [3.8, 4) is 0 Å². The van der Waals surface area contributed by atoms with Gasteiger partial charge in [-0.15, -0.1) is 0 Å². The quantitative estimate of drug-likeness (QED) is 0.500. The number of allylic oxidation sites excluding steroid dienone is 2. The lowest BCUT2D eigenvalue weighted by atomic mass is 10.00. The molecule has 0 aromatic rings. The predicted molar refractivity (Wildman–Crippen MR) is 42.7 cm³/mol. The van der Waals surface area contributed by atoms with Crippen LogP contribution in [0.15, 0.2) is 23.0 Å². The van der Waals surface area contributed by atoms with Crippen LogP contribution in [0.3, 0.4) is 0 Å². The standard InChI is InChI=1S/C9H14O/c1-6-5-10-9(4)8(3)7(6)2/h5,9H,1-4H3. The molecule has 0 bridgehead atoms. The van der Waals surface area contributed by atoms with Crippen molar-refractivity contribution in [2.24, 2.45) is 0 Å². The van der Waals surface area contributed by atoms with Crippen molar-refractivity contribution in [1.82, 2.24) is 0 Å². The van der Waals surface area contributed by atoms with Gasteiger partial charge in [0.2, 0.25) is 0 Å². The van der Waals surface area contributed by atoms with E-state index in [1.54, 1.807) is 0 Å². The van der Waals surface area contributed by atoms with E-state index in [0.717, 1.165) is 0 Å². The van der Waals surface area contributed by atoms with Gasteiger partial charge in [-0.3, -0.25) is 0 Å². The largest absolute Gasteiger partial charge is 0.494 e. The highest BCUT2D eigenvalue weighted by molar-refractivity contribution is 5.34. The number of ether oxygens (including phenoxy) is 1. The van der Waals surface area contributed by atoms with Gasteiger partial charge in [-0.25, -0.2) is 0 Å². The Morgan fingerprint density at radius 3 is 2.40 bits per heavy atom. The van der Waals surface area contributed by atoms with E-state index in [4.69, 9.17) is 4.74 Å². The molecule has 1 unspecified atom stereocenters. The van der Waals surface area contributed by atoms with Crippen LogP contribution >= 0.6 is 0 Å². The first-order chi connectivity index (χ1) is 4.63. The summed E-state index contributed by atoms with van der Waals surface area (Å²) in [5, 5.41) is 0. The van der Waals surface area contributed by atoms with Crippen molar-refractivity contribution >= 4 is 0 Å². The van der Waals surface area contributed by atoms with Crippen LogP contribution < -0.4 is 0 Å². The minimum Gasteiger partial charge on any atom is -0.494 e. The fourth-order valence-electron chi connectivity index (χ4n) is 1.01. The van der Waals surface area contributed by atoms with E-state index in [2.05, 4.69) is 27.7 Å². The van der Waals surface area contributed by atoms with Gasteiger partial charge < -0.3 is 4.74 Å². The summed E-state index contributed by atoms with van der Waals surface area (Å²) in [4.78, 5) is 0. The molecule has 1 aliphatic rings. The lowest BCUT2D eigenvalue weighted by molar-refractivity contribution is 0.184. The highest BCUT2D eigenvalue weighted by Gasteiger charge is 2.12. The first-order valence-corrected chi connectivity index (χ1v) is 3.63. The maximum atomic E-state index is 5.35. The normalized spacial score (nSPS) is 26.0. The maximum absolute atomic E-state index is 5.35.